The van der Waals surface area contributed by atoms with Crippen LogP contribution in [-0.4, -0.2) is 39.3 Å². The van der Waals surface area contributed by atoms with Crippen LogP contribution in [-0.2, 0) is 4.79 Å². The van der Waals surface area contributed by atoms with Gasteiger partial charge in [-0.15, -0.1) is 10.2 Å². The van der Waals surface area contributed by atoms with E-state index in [1.807, 2.05) is 43.0 Å². The molecule has 1 atom stereocenters. The van der Waals surface area contributed by atoms with Gasteiger partial charge in [0.1, 0.15) is 0 Å². The Labute approximate surface area is 134 Å². The van der Waals surface area contributed by atoms with E-state index in [1.54, 1.807) is 0 Å². The summed E-state index contributed by atoms with van der Waals surface area (Å²) in [5.41, 5.74) is 2.08. The third-order valence-electron chi connectivity index (χ3n) is 3.75. The van der Waals surface area contributed by atoms with E-state index in [4.69, 9.17) is 4.42 Å². The van der Waals surface area contributed by atoms with E-state index < -0.39 is 0 Å². The number of hydrogen-bond donors (Lipinski definition) is 0. The van der Waals surface area contributed by atoms with Crippen LogP contribution in [0.3, 0.4) is 0 Å². The first-order valence-electron chi connectivity index (χ1n) is 7.49. The lowest BCUT2D eigenvalue weighted by Crippen LogP contribution is -2.34. The van der Waals surface area contributed by atoms with Crippen molar-refractivity contribution in [1.82, 2.24) is 15.1 Å². The van der Waals surface area contributed by atoms with E-state index in [1.165, 1.54) is 17.3 Å². The molecule has 1 saturated heterocycles. The van der Waals surface area contributed by atoms with Crippen LogP contribution in [0, 0.1) is 6.92 Å². The van der Waals surface area contributed by atoms with E-state index in [0.717, 1.165) is 31.5 Å². The summed E-state index contributed by atoms with van der Waals surface area (Å²) in [4.78, 5) is 14.2. The number of rotatable bonds is 4. The maximum atomic E-state index is 12.3. The molecule has 0 N–H and O–H groups in total. The van der Waals surface area contributed by atoms with E-state index in [0.29, 0.717) is 11.1 Å². The van der Waals surface area contributed by atoms with Gasteiger partial charge < -0.3 is 9.32 Å². The van der Waals surface area contributed by atoms with Gasteiger partial charge in [-0.25, -0.2) is 0 Å². The molecule has 1 fully saturated rings. The summed E-state index contributed by atoms with van der Waals surface area (Å²) in [5, 5.41) is 8.34. The van der Waals surface area contributed by atoms with Gasteiger partial charge in [-0.05, 0) is 38.8 Å². The molecule has 1 aliphatic rings. The van der Waals surface area contributed by atoms with Crippen LogP contribution in [0.2, 0.25) is 0 Å². The fraction of sp³-hybridized carbons (Fsp3) is 0.438. The molecule has 0 radical (unpaired) electrons. The number of aromatic nitrogens is 2. The highest BCUT2D eigenvalue weighted by Gasteiger charge is 2.25. The molecule has 0 aliphatic carbocycles. The van der Waals surface area contributed by atoms with Crippen molar-refractivity contribution in [2.45, 2.75) is 37.2 Å². The molecule has 1 aromatic carbocycles. The summed E-state index contributed by atoms with van der Waals surface area (Å²) in [6, 6.07) is 7.92. The highest BCUT2D eigenvalue weighted by atomic mass is 32.2. The lowest BCUT2D eigenvalue weighted by atomic mass is 10.1. The lowest BCUT2D eigenvalue weighted by molar-refractivity contribution is -0.129. The van der Waals surface area contributed by atoms with Gasteiger partial charge in [0.25, 0.3) is 5.22 Å². The number of thioether (sulfide) groups is 1. The fourth-order valence-corrected chi connectivity index (χ4v) is 3.23. The molecular formula is C16H19N3O2S. The van der Waals surface area contributed by atoms with Crippen LogP contribution in [0.15, 0.2) is 33.9 Å². The molecule has 2 heterocycles. The van der Waals surface area contributed by atoms with Crippen molar-refractivity contribution in [3.8, 4) is 11.5 Å². The standard InChI is InChI=1S/C16H19N3O2S/c1-11-5-7-13(8-6-11)14-17-18-16(21-14)22-12(2)15(20)19-9-3-4-10-19/h5-8,12H,3-4,9-10H2,1-2H3/t12-/m1/s1. The number of hydrogen-bond acceptors (Lipinski definition) is 5. The van der Waals surface area contributed by atoms with Gasteiger partial charge in [0.15, 0.2) is 0 Å². The first kappa shape index (κ1) is 15.1. The van der Waals surface area contributed by atoms with Crippen molar-refractivity contribution in [3.05, 3.63) is 29.8 Å². The summed E-state index contributed by atoms with van der Waals surface area (Å²) in [6.45, 7) is 5.65. The number of likely N-dealkylation sites (tertiary alicyclic amines) is 1. The molecule has 1 aromatic heterocycles. The maximum Gasteiger partial charge on any atom is 0.277 e. The Morgan fingerprint density at radius 1 is 1.23 bits per heavy atom. The molecule has 3 rings (SSSR count). The Balaban J connectivity index is 1.66. The van der Waals surface area contributed by atoms with Gasteiger partial charge in [0.2, 0.25) is 11.8 Å². The number of aryl methyl sites for hydroxylation is 1. The molecule has 0 spiro atoms. The second-order valence-corrected chi connectivity index (χ2v) is 6.82. The first-order chi connectivity index (χ1) is 10.6. The highest BCUT2D eigenvalue weighted by molar-refractivity contribution is 8.00. The predicted octanol–water partition coefficient (Wildman–Crippen LogP) is 3.15. The number of nitrogens with zero attached hydrogens (tertiary/aromatic N) is 3. The minimum absolute atomic E-state index is 0.151. The van der Waals surface area contributed by atoms with E-state index in [9.17, 15) is 4.79 Å². The smallest absolute Gasteiger partial charge is 0.277 e. The fourth-order valence-electron chi connectivity index (χ4n) is 2.47. The summed E-state index contributed by atoms with van der Waals surface area (Å²) in [7, 11) is 0. The zero-order chi connectivity index (χ0) is 15.5. The molecule has 2 aromatic rings. The van der Waals surface area contributed by atoms with Crippen molar-refractivity contribution in [2.75, 3.05) is 13.1 Å². The summed E-state index contributed by atoms with van der Waals surface area (Å²) in [6.07, 6.45) is 2.20. The number of carbonyl (C=O) groups excluding carboxylic acids is 1. The van der Waals surface area contributed by atoms with Gasteiger partial charge >= 0.3 is 0 Å². The van der Waals surface area contributed by atoms with Gasteiger partial charge in [-0.3, -0.25) is 4.79 Å². The Morgan fingerprint density at radius 3 is 2.59 bits per heavy atom. The van der Waals surface area contributed by atoms with E-state index >= 15 is 0 Å². The predicted molar refractivity (Wildman–Crippen MR) is 85.6 cm³/mol. The van der Waals surface area contributed by atoms with Gasteiger partial charge in [-0.1, -0.05) is 29.5 Å². The molecule has 5 nitrogen and oxygen atoms in total. The SMILES string of the molecule is Cc1ccc(-c2nnc(S[C@H](C)C(=O)N3CCCC3)o2)cc1. The quantitative estimate of drug-likeness (QED) is 0.811. The molecule has 0 bridgehead atoms. The molecule has 22 heavy (non-hydrogen) atoms. The topological polar surface area (TPSA) is 59.2 Å². The third kappa shape index (κ3) is 3.32. The van der Waals surface area contributed by atoms with E-state index in [2.05, 4.69) is 10.2 Å². The number of amides is 1. The van der Waals surface area contributed by atoms with Gasteiger partial charge in [-0.2, -0.15) is 0 Å². The van der Waals surface area contributed by atoms with Crippen LogP contribution < -0.4 is 0 Å². The van der Waals surface area contributed by atoms with Crippen molar-refractivity contribution in [3.63, 3.8) is 0 Å². The second-order valence-electron chi connectivity index (χ2n) is 5.53. The molecule has 0 saturated carbocycles. The Hall–Kier alpha value is -1.82. The van der Waals surface area contributed by atoms with Crippen molar-refractivity contribution in [2.24, 2.45) is 0 Å². The third-order valence-corrected chi connectivity index (χ3v) is 4.67. The average molecular weight is 317 g/mol. The van der Waals surface area contributed by atoms with Crippen LogP contribution in [0.1, 0.15) is 25.3 Å². The van der Waals surface area contributed by atoms with Crippen LogP contribution in [0.5, 0.6) is 0 Å². The zero-order valence-corrected chi connectivity index (χ0v) is 13.6. The summed E-state index contributed by atoms with van der Waals surface area (Å²) < 4.78 is 5.66. The normalized spacial score (nSPS) is 16.0. The Kier molecular flexibility index (Phi) is 4.47. The second kappa shape index (κ2) is 6.52. The van der Waals surface area contributed by atoms with Crippen LogP contribution in [0.25, 0.3) is 11.5 Å². The largest absolute Gasteiger partial charge is 0.411 e. The highest BCUT2D eigenvalue weighted by Crippen LogP contribution is 2.27. The number of benzene rings is 1. The van der Waals surface area contributed by atoms with E-state index in [-0.39, 0.29) is 11.2 Å². The molecule has 6 heteroatoms. The van der Waals surface area contributed by atoms with Crippen molar-refractivity contribution < 1.29 is 9.21 Å². The first-order valence-corrected chi connectivity index (χ1v) is 8.37. The monoisotopic (exact) mass is 317 g/mol. The van der Waals surface area contributed by atoms with Crippen LogP contribution in [0.4, 0.5) is 0 Å². The van der Waals surface area contributed by atoms with Crippen molar-refractivity contribution in [1.29, 1.82) is 0 Å². The number of carbonyl (C=O) groups is 1. The minimum Gasteiger partial charge on any atom is -0.411 e. The lowest BCUT2D eigenvalue weighted by Gasteiger charge is -2.18. The molecule has 1 amide bonds. The Bertz CT molecular complexity index is 648. The molecule has 0 unspecified atom stereocenters. The summed E-state index contributed by atoms with van der Waals surface area (Å²) in [5.74, 6) is 0.640. The molecule has 116 valence electrons. The summed E-state index contributed by atoms with van der Waals surface area (Å²) >= 11 is 1.33. The van der Waals surface area contributed by atoms with Crippen molar-refractivity contribution >= 4 is 17.7 Å². The van der Waals surface area contributed by atoms with Gasteiger partial charge in [0.05, 0.1) is 5.25 Å². The van der Waals surface area contributed by atoms with Gasteiger partial charge in [0, 0.05) is 18.7 Å². The maximum absolute atomic E-state index is 12.3. The Morgan fingerprint density at radius 2 is 1.91 bits per heavy atom. The zero-order valence-electron chi connectivity index (χ0n) is 12.8. The molecular weight excluding hydrogens is 298 g/mol. The average Bonchev–Trinajstić information content (AvgIpc) is 3.18. The van der Waals surface area contributed by atoms with Crippen LogP contribution >= 0.6 is 11.8 Å². The molecule has 1 aliphatic heterocycles. The minimum atomic E-state index is -0.204.